The Bertz CT molecular complexity index is 809. The number of fused-ring (bicyclic) bond motifs is 1. The van der Waals surface area contributed by atoms with E-state index in [0.717, 1.165) is 0 Å². The second-order valence-electron chi connectivity index (χ2n) is 4.19. The summed E-state index contributed by atoms with van der Waals surface area (Å²) in [6.45, 7) is 0. The first kappa shape index (κ1) is 12.6. The number of aromatic carboxylic acids is 1. The van der Waals surface area contributed by atoms with E-state index in [9.17, 15) is 9.18 Å². The lowest BCUT2D eigenvalue weighted by atomic mass is 10.2. The number of nitrogens with zero attached hydrogens (tertiary/aromatic N) is 1. The number of imidazole rings is 1. The van der Waals surface area contributed by atoms with Crippen LogP contribution in [0.2, 0.25) is 5.02 Å². The van der Waals surface area contributed by atoms with Gasteiger partial charge in [0.25, 0.3) is 0 Å². The number of H-pyrrole nitrogens is 1. The first-order valence-electron chi connectivity index (χ1n) is 5.74. The third-order valence-corrected chi connectivity index (χ3v) is 3.26. The number of nitrogens with one attached hydrogen (secondary N) is 1. The number of para-hydroxylation sites is 1. The van der Waals surface area contributed by atoms with Gasteiger partial charge in [0.1, 0.15) is 17.2 Å². The number of carbonyl (C=O) groups is 1. The number of aromatic amines is 1. The van der Waals surface area contributed by atoms with Gasteiger partial charge in [-0.2, -0.15) is 0 Å². The van der Waals surface area contributed by atoms with Crippen molar-refractivity contribution in [1.29, 1.82) is 0 Å². The molecule has 6 heteroatoms. The first-order valence-corrected chi connectivity index (χ1v) is 6.12. The molecular formula is C14H8ClFN2O2. The lowest BCUT2D eigenvalue weighted by Gasteiger charge is -2.01. The predicted octanol–water partition coefficient (Wildman–Crippen LogP) is 3.72. The van der Waals surface area contributed by atoms with Gasteiger partial charge in [-0.25, -0.2) is 14.2 Å². The molecule has 0 radical (unpaired) electrons. The molecule has 0 spiro atoms. The number of halogens is 2. The summed E-state index contributed by atoms with van der Waals surface area (Å²) >= 11 is 5.98. The van der Waals surface area contributed by atoms with Gasteiger partial charge in [0.2, 0.25) is 0 Å². The number of hydrogen-bond donors (Lipinski definition) is 2. The molecule has 2 aromatic carbocycles. The Morgan fingerprint density at radius 2 is 2.00 bits per heavy atom. The van der Waals surface area contributed by atoms with E-state index in [2.05, 4.69) is 9.97 Å². The van der Waals surface area contributed by atoms with Crippen molar-refractivity contribution in [1.82, 2.24) is 9.97 Å². The van der Waals surface area contributed by atoms with Gasteiger partial charge in [-0.15, -0.1) is 0 Å². The van der Waals surface area contributed by atoms with E-state index in [0.29, 0.717) is 5.52 Å². The lowest BCUT2D eigenvalue weighted by molar-refractivity contribution is 0.0699. The highest BCUT2D eigenvalue weighted by Gasteiger charge is 2.17. The van der Waals surface area contributed by atoms with Gasteiger partial charge in [0.05, 0.1) is 21.7 Å². The lowest BCUT2D eigenvalue weighted by Crippen LogP contribution is -1.96. The molecule has 0 unspecified atom stereocenters. The Balaban J connectivity index is 2.29. The third-order valence-electron chi connectivity index (χ3n) is 2.94. The van der Waals surface area contributed by atoms with Crippen LogP contribution >= 0.6 is 11.6 Å². The minimum atomic E-state index is -1.09. The maximum absolute atomic E-state index is 13.9. The largest absolute Gasteiger partial charge is 0.478 e. The Kier molecular flexibility index (Phi) is 2.91. The highest BCUT2D eigenvalue weighted by atomic mass is 35.5. The molecule has 3 rings (SSSR count). The first-order chi connectivity index (χ1) is 9.58. The van der Waals surface area contributed by atoms with E-state index in [4.69, 9.17) is 16.7 Å². The maximum atomic E-state index is 13.9. The fraction of sp³-hybridized carbons (Fsp3) is 0. The molecule has 0 saturated carbocycles. The van der Waals surface area contributed by atoms with Crippen molar-refractivity contribution >= 4 is 28.6 Å². The Labute approximate surface area is 117 Å². The van der Waals surface area contributed by atoms with Gasteiger partial charge < -0.3 is 10.1 Å². The van der Waals surface area contributed by atoms with Crippen LogP contribution < -0.4 is 0 Å². The molecule has 1 aromatic heterocycles. The van der Waals surface area contributed by atoms with E-state index in [1.54, 1.807) is 18.2 Å². The molecule has 0 aliphatic carbocycles. The monoisotopic (exact) mass is 290 g/mol. The van der Waals surface area contributed by atoms with E-state index >= 15 is 0 Å². The van der Waals surface area contributed by atoms with E-state index < -0.39 is 11.8 Å². The highest BCUT2D eigenvalue weighted by Crippen LogP contribution is 2.30. The third kappa shape index (κ3) is 1.92. The summed E-state index contributed by atoms with van der Waals surface area (Å²) in [5.74, 6) is -1.40. The number of rotatable bonds is 2. The summed E-state index contributed by atoms with van der Waals surface area (Å²) in [5, 5.41) is 9.33. The molecule has 0 atom stereocenters. The number of benzene rings is 2. The molecular weight excluding hydrogens is 283 g/mol. The molecule has 20 heavy (non-hydrogen) atoms. The van der Waals surface area contributed by atoms with Gasteiger partial charge >= 0.3 is 5.97 Å². The summed E-state index contributed by atoms with van der Waals surface area (Å²) in [6.07, 6.45) is 0. The van der Waals surface area contributed by atoms with Crippen molar-refractivity contribution in [2.45, 2.75) is 0 Å². The molecule has 0 fully saturated rings. The van der Waals surface area contributed by atoms with Crippen LogP contribution in [-0.4, -0.2) is 21.0 Å². The van der Waals surface area contributed by atoms with Crippen LogP contribution in [0.1, 0.15) is 10.4 Å². The fourth-order valence-electron chi connectivity index (χ4n) is 2.05. The Morgan fingerprint density at radius 3 is 2.70 bits per heavy atom. The standard InChI is InChI=1S/C14H8ClFN2O2/c15-8-4-2-5-9(16)11(8)13-17-10-6-1-3-7(14(19)20)12(10)18-13/h1-6H,(H,17,18)(H,19,20). The number of aromatic nitrogens is 2. The number of carboxylic acids is 1. The van der Waals surface area contributed by atoms with Gasteiger partial charge in [0.15, 0.2) is 0 Å². The SMILES string of the molecule is O=C(O)c1cccc2[nH]c(-c3c(F)cccc3Cl)nc12. The van der Waals surface area contributed by atoms with Gasteiger partial charge in [-0.1, -0.05) is 23.7 Å². The molecule has 2 N–H and O–H groups in total. The minimum Gasteiger partial charge on any atom is -0.478 e. The zero-order chi connectivity index (χ0) is 14.3. The molecule has 1 heterocycles. The van der Waals surface area contributed by atoms with Crippen LogP contribution in [0.3, 0.4) is 0 Å². The predicted molar refractivity (Wildman–Crippen MR) is 73.5 cm³/mol. The zero-order valence-corrected chi connectivity index (χ0v) is 10.8. The van der Waals surface area contributed by atoms with Crippen LogP contribution in [0, 0.1) is 5.82 Å². The average Bonchev–Trinajstić information content (AvgIpc) is 2.81. The Morgan fingerprint density at radius 1 is 1.25 bits per heavy atom. The maximum Gasteiger partial charge on any atom is 0.337 e. The molecule has 0 saturated heterocycles. The molecule has 0 bridgehead atoms. The van der Waals surface area contributed by atoms with Crippen molar-refractivity contribution in [3.05, 3.63) is 52.8 Å². The number of carboxylic acid groups (broad SMARTS) is 1. The van der Waals surface area contributed by atoms with Crippen molar-refractivity contribution < 1.29 is 14.3 Å². The van der Waals surface area contributed by atoms with E-state index in [1.807, 2.05) is 0 Å². The van der Waals surface area contributed by atoms with Crippen LogP contribution in [0.4, 0.5) is 4.39 Å². The fourth-order valence-corrected chi connectivity index (χ4v) is 2.30. The topological polar surface area (TPSA) is 66.0 Å². The van der Waals surface area contributed by atoms with E-state index in [-0.39, 0.29) is 27.5 Å². The summed E-state index contributed by atoms with van der Waals surface area (Å²) < 4.78 is 13.9. The summed E-state index contributed by atoms with van der Waals surface area (Å²) in [7, 11) is 0. The number of hydrogen-bond acceptors (Lipinski definition) is 2. The molecule has 3 aromatic rings. The quantitative estimate of drug-likeness (QED) is 0.756. The average molecular weight is 291 g/mol. The molecule has 4 nitrogen and oxygen atoms in total. The van der Waals surface area contributed by atoms with Crippen molar-refractivity contribution in [2.24, 2.45) is 0 Å². The normalized spacial score (nSPS) is 10.9. The smallest absolute Gasteiger partial charge is 0.337 e. The molecule has 0 aliphatic rings. The summed E-state index contributed by atoms with van der Waals surface area (Å²) in [4.78, 5) is 18.2. The van der Waals surface area contributed by atoms with Crippen molar-refractivity contribution in [2.75, 3.05) is 0 Å². The minimum absolute atomic E-state index is 0.0532. The highest BCUT2D eigenvalue weighted by molar-refractivity contribution is 6.33. The van der Waals surface area contributed by atoms with Crippen molar-refractivity contribution in [3.8, 4) is 11.4 Å². The van der Waals surface area contributed by atoms with Crippen LogP contribution in [0.15, 0.2) is 36.4 Å². The van der Waals surface area contributed by atoms with E-state index in [1.165, 1.54) is 18.2 Å². The summed E-state index contributed by atoms with van der Waals surface area (Å²) in [5.41, 5.74) is 0.965. The second kappa shape index (κ2) is 4.61. The molecule has 0 amide bonds. The Hall–Kier alpha value is -2.40. The van der Waals surface area contributed by atoms with Crippen molar-refractivity contribution in [3.63, 3.8) is 0 Å². The molecule has 0 aliphatic heterocycles. The van der Waals surface area contributed by atoms with Crippen LogP contribution in [0.25, 0.3) is 22.4 Å². The van der Waals surface area contributed by atoms with Gasteiger partial charge in [-0.05, 0) is 24.3 Å². The van der Waals surface area contributed by atoms with Crippen LogP contribution in [0.5, 0.6) is 0 Å². The zero-order valence-electron chi connectivity index (χ0n) is 10.0. The van der Waals surface area contributed by atoms with Gasteiger partial charge in [0, 0.05) is 0 Å². The summed E-state index contributed by atoms with van der Waals surface area (Å²) in [6, 6.07) is 9.02. The molecule has 100 valence electrons. The van der Waals surface area contributed by atoms with Gasteiger partial charge in [-0.3, -0.25) is 0 Å². The second-order valence-corrected chi connectivity index (χ2v) is 4.60. The van der Waals surface area contributed by atoms with Crippen LogP contribution in [-0.2, 0) is 0 Å².